The normalized spacial score (nSPS) is 11.1. The summed E-state index contributed by atoms with van der Waals surface area (Å²) in [6, 6.07) is 13.8. The third-order valence-corrected chi connectivity index (χ3v) is 4.34. The molecule has 1 amide bonds. The summed E-state index contributed by atoms with van der Waals surface area (Å²) >= 11 is 0. The fourth-order valence-corrected chi connectivity index (χ4v) is 2.66. The topological polar surface area (TPSA) is 107 Å². The maximum absolute atomic E-state index is 13.2. The van der Waals surface area contributed by atoms with Crippen molar-refractivity contribution in [3.8, 4) is 11.3 Å². The molecule has 1 heterocycles. The van der Waals surface area contributed by atoms with E-state index in [1.54, 1.807) is 0 Å². The quantitative estimate of drug-likeness (QED) is 0.526. The number of hydrogen-bond donors (Lipinski definition) is 1. The van der Waals surface area contributed by atoms with Gasteiger partial charge in [-0.2, -0.15) is 5.10 Å². The molecule has 1 aromatic heterocycles. The molecular formula is C20H17FN4O4. The molecule has 0 atom stereocenters. The molecule has 0 radical (unpaired) electrons. The zero-order valence-corrected chi connectivity index (χ0v) is 15.6. The molecule has 8 nitrogen and oxygen atoms in total. The average molecular weight is 396 g/mol. The van der Waals surface area contributed by atoms with Crippen LogP contribution in [0.5, 0.6) is 0 Å². The smallest absolute Gasteiger partial charge is 0.271 e. The van der Waals surface area contributed by atoms with E-state index in [9.17, 15) is 24.1 Å². The number of aromatic nitrogens is 2. The van der Waals surface area contributed by atoms with Crippen LogP contribution in [-0.2, 0) is 10.3 Å². The Morgan fingerprint density at radius 1 is 1.14 bits per heavy atom. The maximum atomic E-state index is 13.2. The molecule has 9 heteroatoms. The van der Waals surface area contributed by atoms with Crippen molar-refractivity contribution in [2.24, 2.45) is 0 Å². The molecule has 0 aliphatic carbocycles. The van der Waals surface area contributed by atoms with Crippen molar-refractivity contribution in [3.05, 3.63) is 86.9 Å². The van der Waals surface area contributed by atoms with E-state index in [4.69, 9.17) is 0 Å². The molecule has 0 fully saturated rings. The number of halogens is 1. The zero-order chi connectivity index (χ0) is 21.2. The highest BCUT2D eigenvalue weighted by Gasteiger charge is 2.32. The van der Waals surface area contributed by atoms with E-state index in [0.717, 1.165) is 4.68 Å². The number of amides is 1. The third kappa shape index (κ3) is 4.18. The number of nitro benzene ring substituents is 1. The largest absolute Gasteiger partial charge is 0.324 e. The molecule has 0 aliphatic rings. The van der Waals surface area contributed by atoms with E-state index in [1.165, 1.54) is 74.5 Å². The van der Waals surface area contributed by atoms with Gasteiger partial charge in [0.2, 0.25) is 0 Å². The number of non-ortho nitro benzene ring substituents is 1. The second-order valence-electron chi connectivity index (χ2n) is 6.80. The Labute approximate surface area is 164 Å². The summed E-state index contributed by atoms with van der Waals surface area (Å²) in [6.45, 7) is 3.01. The molecule has 0 bridgehead atoms. The highest BCUT2D eigenvalue weighted by molar-refractivity contribution is 5.96. The van der Waals surface area contributed by atoms with Gasteiger partial charge in [0.05, 0.1) is 10.6 Å². The lowest BCUT2D eigenvalue weighted by molar-refractivity contribution is -0.384. The Bertz CT molecular complexity index is 1140. The highest BCUT2D eigenvalue weighted by Crippen LogP contribution is 2.22. The number of hydrogen-bond acceptors (Lipinski definition) is 5. The lowest BCUT2D eigenvalue weighted by atomic mass is 10.0. The molecule has 0 spiro atoms. The summed E-state index contributed by atoms with van der Waals surface area (Å²) in [7, 11) is 0. The first kappa shape index (κ1) is 19.9. The van der Waals surface area contributed by atoms with Crippen LogP contribution in [0.15, 0.2) is 65.5 Å². The molecular weight excluding hydrogens is 379 g/mol. The zero-order valence-electron chi connectivity index (χ0n) is 15.6. The monoisotopic (exact) mass is 396 g/mol. The van der Waals surface area contributed by atoms with Gasteiger partial charge in [0, 0.05) is 29.4 Å². The van der Waals surface area contributed by atoms with Crippen molar-refractivity contribution >= 4 is 17.3 Å². The van der Waals surface area contributed by atoms with Crippen molar-refractivity contribution in [2.75, 3.05) is 5.32 Å². The minimum absolute atomic E-state index is 0.172. The predicted octanol–water partition coefficient (Wildman–Crippen LogP) is 3.33. The molecule has 2 aromatic carbocycles. The van der Waals surface area contributed by atoms with Gasteiger partial charge in [-0.3, -0.25) is 19.7 Å². The number of nitrogens with zero attached hydrogens (tertiary/aromatic N) is 3. The number of carbonyl (C=O) groups excluding carboxylic acids is 1. The summed E-state index contributed by atoms with van der Waals surface area (Å²) in [5, 5.41) is 17.8. The standard InChI is InChI=1S/C20H17FN4O4/c1-20(2,19(27)22-15-4-3-5-16(12-15)25(28)29)24-18(26)11-10-17(23-24)13-6-8-14(21)9-7-13/h3-12H,1-2H3,(H,22,27). The van der Waals surface area contributed by atoms with Gasteiger partial charge in [-0.15, -0.1) is 0 Å². The molecule has 148 valence electrons. The van der Waals surface area contributed by atoms with Gasteiger partial charge in [0.15, 0.2) is 0 Å². The van der Waals surface area contributed by atoms with Crippen LogP contribution >= 0.6 is 0 Å². The molecule has 29 heavy (non-hydrogen) atoms. The minimum Gasteiger partial charge on any atom is -0.324 e. The Morgan fingerprint density at radius 2 is 1.83 bits per heavy atom. The summed E-state index contributed by atoms with van der Waals surface area (Å²) in [5.74, 6) is -0.984. The van der Waals surface area contributed by atoms with Crippen molar-refractivity contribution < 1.29 is 14.1 Å². The SMILES string of the molecule is CC(C)(C(=O)Nc1cccc([N+](=O)[O-])c1)n1nc(-c2ccc(F)cc2)ccc1=O. The van der Waals surface area contributed by atoms with Gasteiger partial charge in [-0.05, 0) is 50.2 Å². The number of nitrogens with one attached hydrogen (secondary N) is 1. The highest BCUT2D eigenvalue weighted by atomic mass is 19.1. The Morgan fingerprint density at radius 3 is 2.48 bits per heavy atom. The Hall–Kier alpha value is -3.88. The second kappa shape index (κ2) is 7.63. The van der Waals surface area contributed by atoms with Crippen LogP contribution in [0, 0.1) is 15.9 Å². The summed E-state index contributed by atoms with van der Waals surface area (Å²) in [5.41, 5.74) is -0.891. The number of anilines is 1. The first-order chi connectivity index (χ1) is 13.7. The number of nitro groups is 1. The molecule has 0 saturated carbocycles. The van der Waals surface area contributed by atoms with Crippen LogP contribution in [0.1, 0.15) is 13.8 Å². The number of benzene rings is 2. The van der Waals surface area contributed by atoms with Crippen molar-refractivity contribution in [1.29, 1.82) is 0 Å². The average Bonchev–Trinajstić information content (AvgIpc) is 2.69. The lowest BCUT2D eigenvalue weighted by Gasteiger charge is -2.25. The van der Waals surface area contributed by atoms with Crippen molar-refractivity contribution in [2.45, 2.75) is 19.4 Å². The fraction of sp³-hybridized carbons (Fsp3) is 0.150. The summed E-state index contributed by atoms with van der Waals surface area (Å²) in [4.78, 5) is 35.5. The molecule has 0 saturated heterocycles. The fourth-order valence-electron chi connectivity index (χ4n) is 2.66. The summed E-state index contributed by atoms with van der Waals surface area (Å²) < 4.78 is 14.2. The van der Waals surface area contributed by atoms with E-state index in [2.05, 4.69) is 10.4 Å². The van der Waals surface area contributed by atoms with Gasteiger partial charge < -0.3 is 5.32 Å². The molecule has 1 N–H and O–H groups in total. The van der Waals surface area contributed by atoms with Crippen LogP contribution in [0.4, 0.5) is 15.8 Å². The molecule has 3 aromatic rings. The molecule has 0 unspecified atom stereocenters. The first-order valence-electron chi connectivity index (χ1n) is 8.61. The maximum Gasteiger partial charge on any atom is 0.271 e. The number of carbonyl (C=O) groups is 1. The Kier molecular flexibility index (Phi) is 5.22. The van der Waals surface area contributed by atoms with Crippen LogP contribution in [0.3, 0.4) is 0 Å². The van der Waals surface area contributed by atoms with Gasteiger partial charge in [-0.1, -0.05) is 6.07 Å². The van der Waals surface area contributed by atoms with Gasteiger partial charge >= 0.3 is 0 Å². The summed E-state index contributed by atoms with van der Waals surface area (Å²) in [6.07, 6.45) is 0. The van der Waals surface area contributed by atoms with Crippen LogP contribution in [-0.4, -0.2) is 20.6 Å². The van der Waals surface area contributed by atoms with Crippen molar-refractivity contribution in [1.82, 2.24) is 9.78 Å². The van der Waals surface area contributed by atoms with Crippen LogP contribution in [0.2, 0.25) is 0 Å². The van der Waals surface area contributed by atoms with E-state index in [1.807, 2.05) is 0 Å². The van der Waals surface area contributed by atoms with E-state index in [-0.39, 0.29) is 11.4 Å². The molecule has 3 rings (SSSR count). The lowest BCUT2D eigenvalue weighted by Crippen LogP contribution is -2.47. The second-order valence-corrected chi connectivity index (χ2v) is 6.80. The van der Waals surface area contributed by atoms with Gasteiger partial charge in [0.1, 0.15) is 11.4 Å². The van der Waals surface area contributed by atoms with E-state index >= 15 is 0 Å². The van der Waals surface area contributed by atoms with Gasteiger partial charge in [0.25, 0.3) is 17.2 Å². The van der Waals surface area contributed by atoms with Crippen LogP contribution in [0.25, 0.3) is 11.3 Å². The Balaban J connectivity index is 1.93. The van der Waals surface area contributed by atoms with Gasteiger partial charge in [-0.25, -0.2) is 9.07 Å². The molecule has 0 aliphatic heterocycles. The minimum atomic E-state index is -1.41. The predicted molar refractivity (Wildman–Crippen MR) is 105 cm³/mol. The van der Waals surface area contributed by atoms with E-state index in [0.29, 0.717) is 11.3 Å². The van der Waals surface area contributed by atoms with E-state index < -0.39 is 27.7 Å². The first-order valence-corrected chi connectivity index (χ1v) is 8.61. The number of rotatable bonds is 5. The van der Waals surface area contributed by atoms with Crippen LogP contribution < -0.4 is 10.9 Å². The van der Waals surface area contributed by atoms with Crippen molar-refractivity contribution in [3.63, 3.8) is 0 Å². The third-order valence-electron chi connectivity index (χ3n) is 4.34.